The largest absolute Gasteiger partial charge is 0.465 e. The Kier molecular flexibility index (Phi) is 3.67. The lowest BCUT2D eigenvalue weighted by molar-refractivity contribution is 0.0600. The molecule has 0 aromatic heterocycles. The van der Waals surface area contributed by atoms with E-state index in [1.807, 2.05) is 19.1 Å². The van der Waals surface area contributed by atoms with Gasteiger partial charge in [-0.2, -0.15) is 0 Å². The van der Waals surface area contributed by atoms with E-state index >= 15 is 0 Å². The summed E-state index contributed by atoms with van der Waals surface area (Å²) < 4.78 is 4.71. The Hall–Kier alpha value is -1.57. The smallest absolute Gasteiger partial charge is 0.338 e. The molecule has 0 N–H and O–H groups in total. The number of hydrogen-bond donors (Lipinski definition) is 0. The van der Waals surface area contributed by atoms with Crippen LogP contribution in [0, 0.1) is 6.92 Å². The molecule has 0 aliphatic rings. The molecule has 0 spiro atoms. The first kappa shape index (κ1) is 11.5. The molecule has 1 rings (SSSR count). The molecule has 1 unspecified atom stereocenters. The highest BCUT2D eigenvalue weighted by Crippen LogP contribution is 2.23. The molecule has 2 nitrogen and oxygen atoms in total. The zero-order valence-corrected chi connectivity index (χ0v) is 9.12. The minimum absolute atomic E-state index is 0.114. The SMILES string of the molecule is [CH2]C(C)c1cccc(C(=O)OC)c1C=C. The molecule has 1 aromatic rings. The fraction of sp³-hybridized carbons (Fsp3) is 0.231. The third kappa shape index (κ3) is 2.27. The van der Waals surface area contributed by atoms with E-state index in [0.717, 1.165) is 11.1 Å². The van der Waals surface area contributed by atoms with Crippen LogP contribution in [-0.2, 0) is 4.74 Å². The van der Waals surface area contributed by atoms with E-state index in [1.54, 1.807) is 12.1 Å². The molecular formula is C13H15O2. The molecule has 2 heteroatoms. The maximum absolute atomic E-state index is 11.5. The number of carbonyl (C=O) groups is 1. The summed E-state index contributed by atoms with van der Waals surface area (Å²) in [5.41, 5.74) is 2.36. The predicted octanol–water partition coefficient (Wildman–Crippen LogP) is 3.05. The van der Waals surface area contributed by atoms with E-state index in [0.29, 0.717) is 5.56 Å². The monoisotopic (exact) mass is 203 g/mol. The molecule has 0 amide bonds. The van der Waals surface area contributed by atoms with Gasteiger partial charge in [-0.15, -0.1) is 0 Å². The van der Waals surface area contributed by atoms with Crippen molar-refractivity contribution in [2.24, 2.45) is 0 Å². The van der Waals surface area contributed by atoms with Crippen LogP contribution in [0.1, 0.15) is 34.3 Å². The zero-order valence-electron chi connectivity index (χ0n) is 9.12. The van der Waals surface area contributed by atoms with Gasteiger partial charge in [-0.05, 0) is 30.0 Å². The van der Waals surface area contributed by atoms with Crippen LogP contribution >= 0.6 is 0 Å². The van der Waals surface area contributed by atoms with Gasteiger partial charge in [0.25, 0.3) is 0 Å². The average molecular weight is 203 g/mol. The van der Waals surface area contributed by atoms with Gasteiger partial charge in [0.1, 0.15) is 0 Å². The Bertz CT molecular complexity index is 378. The first-order valence-corrected chi connectivity index (χ1v) is 4.78. The normalized spacial score (nSPS) is 10.1. The van der Waals surface area contributed by atoms with Crippen molar-refractivity contribution < 1.29 is 9.53 Å². The van der Waals surface area contributed by atoms with Crippen molar-refractivity contribution in [3.05, 3.63) is 48.4 Å². The van der Waals surface area contributed by atoms with Gasteiger partial charge in [-0.25, -0.2) is 4.79 Å². The highest BCUT2D eigenvalue weighted by molar-refractivity contribution is 5.94. The van der Waals surface area contributed by atoms with Crippen LogP contribution in [0.3, 0.4) is 0 Å². The fourth-order valence-corrected chi connectivity index (χ4v) is 1.53. The van der Waals surface area contributed by atoms with Crippen LogP contribution in [0.4, 0.5) is 0 Å². The van der Waals surface area contributed by atoms with Crippen LogP contribution in [0.25, 0.3) is 6.08 Å². The van der Waals surface area contributed by atoms with Crippen molar-refractivity contribution in [2.45, 2.75) is 12.8 Å². The number of ether oxygens (including phenoxy) is 1. The minimum Gasteiger partial charge on any atom is -0.465 e. The highest BCUT2D eigenvalue weighted by Gasteiger charge is 2.14. The van der Waals surface area contributed by atoms with Crippen molar-refractivity contribution in [3.8, 4) is 0 Å². The van der Waals surface area contributed by atoms with Gasteiger partial charge in [-0.3, -0.25) is 0 Å². The third-order valence-corrected chi connectivity index (χ3v) is 2.28. The number of carbonyl (C=O) groups excluding carboxylic acids is 1. The average Bonchev–Trinajstić information content (AvgIpc) is 2.26. The van der Waals surface area contributed by atoms with Gasteiger partial charge in [0, 0.05) is 0 Å². The molecule has 0 saturated heterocycles. The van der Waals surface area contributed by atoms with Gasteiger partial charge in [0.2, 0.25) is 0 Å². The summed E-state index contributed by atoms with van der Waals surface area (Å²) in [5, 5.41) is 0. The van der Waals surface area contributed by atoms with Crippen molar-refractivity contribution in [2.75, 3.05) is 7.11 Å². The van der Waals surface area contributed by atoms with Gasteiger partial charge < -0.3 is 4.74 Å². The zero-order chi connectivity index (χ0) is 11.4. The molecule has 0 fully saturated rings. The van der Waals surface area contributed by atoms with Gasteiger partial charge in [0.15, 0.2) is 0 Å². The molecule has 1 aromatic carbocycles. The number of hydrogen-bond acceptors (Lipinski definition) is 2. The maximum Gasteiger partial charge on any atom is 0.338 e. The molecule has 0 aliphatic carbocycles. The number of benzene rings is 1. The Morgan fingerprint density at radius 1 is 1.53 bits per heavy atom. The Labute approximate surface area is 90.6 Å². The highest BCUT2D eigenvalue weighted by atomic mass is 16.5. The van der Waals surface area contributed by atoms with Crippen molar-refractivity contribution >= 4 is 12.0 Å². The van der Waals surface area contributed by atoms with E-state index in [2.05, 4.69) is 13.5 Å². The minimum atomic E-state index is -0.340. The lowest BCUT2D eigenvalue weighted by Gasteiger charge is -2.12. The van der Waals surface area contributed by atoms with E-state index in [9.17, 15) is 4.79 Å². The second-order valence-electron chi connectivity index (χ2n) is 3.41. The molecular weight excluding hydrogens is 188 g/mol. The van der Waals surface area contributed by atoms with E-state index in [-0.39, 0.29) is 11.9 Å². The van der Waals surface area contributed by atoms with Crippen LogP contribution in [0.15, 0.2) is 24.8 Å². The van der Waals surface area contributed by atoms with Gasteiger partial charge >= 0.3 is 5.97 Å². The second-order valence-corrected chi connectivity index (χ2v) is 3.41. The summed E-state index contributed by atoms with van der Waals surface area (Å²) in [4.78, 5) is 11.5. The number of methoxy groups -OCH3 is 1. The Balaban J connectivity index is 3.34. The van der Waals surface area contributed by atoms with Crippen LogP contribution in [-0.4, -0.2) is 13.1 Å². The molecule has 15 heavy (non-hydrogen) atoms. The summed E-state index contributed by atoms with van der Waals surface area (Å²) in [6.07, 6.45) is 1.67. The Morgan fingerprint density at radius 3 is 2.67 bits per heavy atom. The summed E-state index contributed by atoms with van der Waals surface area (Å²) in [5.74, 6) is -0.227. The molecule has 0 bridgehead atoms. The number of rotatable bonds is 3. The Morgan fingerprint density at radius 2 is 2.20 bits per heavy atom. The maximum atomic E-state index is 11.5. The lowest BCUT2D eigenvalue weighted by atomic mass is 9.93. The summed E-state index contributed by atoms with van der Waals surface area (Å²) in [6.45, 7) is 9.64. The summed E-state index contributed by atoms with van der Waals surface area (Å²) >= 11 is 0. The molecule has 0 heterocycles. The fourth-order valence-electron chi connectivity index (χ4n) is 1.53. The first-order valence-electron chi connectivity index (χ1n) is 4.78. The van der Waals surface area contributed by atoms with E-state index < -0.39 is 0 Å². The molecule has 0 aliphatic heterocycles. The second kappa shape index (κ2) is 4.78. The number of esters is 1. The van der Waals surface area contributed by atoms with Crippen LogP contribution in [0.2, 0.25) is 0 Å². The van der Waals surface area contributed by atoms with Crippen molar-refractivity contribution in [1.82, 2.24) is 0 Å². The van der Waals surface area contributed by atoms with Crippen molar-refractivity contribution in [3.63, 3.8) is 0 Å². The van der Waals surface area contributed by atoms with E-state index in [1.165, 1.54) is 7.11 Å². The van der Waals surface area contributed by atoms with Crippen LogP contribution in [0.5, 0.6) is 0 Å². The first-order chi connectivity index (χ1) is 7.11. The standard InChI is InChI=1S/C13H15O2/c1-5-10-11(9(2)3)7-6-8-12(10)13(14)15-4/h5-9H,1-2H2,3-4H3. The third-order valence-electron chi connectivity index (χ3n) is 2.28. The topological polar surface area (TPSA) is 26.3 Å². The summed E-state index contributed by atoms with van der Waals surface area (Å²) in [6, 6.07) is 5.51. The molecule has 0 saturated carbocycles. The van der Waals surface area contributed by atoms with Gasteiger partial charge in [-0.1, -0.05) is 31.7 Å². The predicted molar refractivity (Wildman–Crippen MR) is 61.6 cm³/mol. The summed E-state index contributed by atoms with van der Waals surface area (Å²) in [7, 11) is 1.37. The quantitative estimate of drug-likeness (QED) is 0.706. The molecule has 1 atom stereocenters. The molecule has 1 radical (unpaired) electrons. The van der Waals surface area contributed by atoms with E-state index in [4.69, 9.17) is 4.74 Å². The van der Waals surface area contributed by atoms with Gasteiger partial charge in [0.05, 0.1) is 12.7 Å². The molecule has 79 valence electrons. The van der Waals surface area contributed by atoms with Crippen molar-refractivity contribution in [1.29, 1.82) is 0 Å². The van der Waals surface area contributed by atoms with Crippen LogP contribution < -0.4 is 0 Å². The lowest BCUT2D eigenvalue weighted by Crippen LogP contribution is -2.06.